The number of aromatic nitrogens is 1. The number of rotatable bonds is 5. The first-order valence-electron chi connectivity index (χ1n) is 5.48. The number of esters is 1. The molecule has 1 aromatic heterocycles. The average molecular weight is 315 g/mol. The number of hydrogen-bond acceptors (Lipinski definition) is 4. The summed E-state index contributed by atoms with van der Waals surface area (Å²) in [5.41, 5.74) is 0.388. The van der Waals surface area contributed by atoms with Crippen LogP contribution in [0.2, 0.25) is 0 Å². The maximum atomic E-state index is 11.9. The molecule has 18 heavy (non-hydrogen) atoms. The first-order valence-corrected chi connectivity index (χ1v) is 6.27. The topological polar surface area (TPSA) is 59.5 Å². The lowest BCUT2D eigenvalue weighted by Gasteiger charge is -2.16. The van der Waals surface area contributed by atoms with E-state index in [4.69, 9.17) is 0 Å². The van der Waals surface area contributed by atoms with E-state index in [1.165, 1.54) is 7.11 Å². The molecule has 1 heterocycles. The zero-order chi connectivity index (χ0) is 13.5. The number of nitrogens with zero attached hydrogens (tertiary/aromatic N) is 2. The molecule has 0 saturated carbocycles. The second-order valence-electron chi connectivity index (χ2n) is 3.77. The van der Waals surface area contributed by atoms with Crippen LogP contribution >= 0.6 is 15.9 Å². The van der Waals surface area contributed by atoms with Crippen LogP contribution in [0.4, 0.5) is 0 Å². The first-order chi connectivity index (χ1) is 8.54. The van der Waals surface area contributed by atoms with Crippen molar-refractivity contribution in [3.05, 3.63) is 28.5 Å². The number of carbonyl (C=O) groups is 2. The highest BCUT2D eigenvalue weighted by Gasteiger charge is 2.13. The summed E-state index contributed by atoms with van der Waals surface area (Å²) in [6, 6.07) is 3.42. The van der Waals surface area contributed by atoms with Crippen LogP contribution in [0.1, 0.15) is 23.3 Å². The minimum absolute atomic E-state index is 0.160. The minimum atomic E-state index is -0.266. The van der Waals surface area contributed by atoms with Gasteiger partial charge in [-0.3, -0.25) is 9.59 Å². The summed E-state index contributed by atoms with van der Waals surface area (Å²) in [6.45, 7) is 0.492. The molecule has 0 aliphatic carbocycles. The highest BCUT2D eigenvalue weighted by atomic mass is 79.9. The second-order valence-corrected chi connectivity index (χ2v) is 4.68. The van der Waals surface area contributed by atoms with Crippen molar-refractivity contribution in [2.45, 2.75) is 12.8 Å². The molecule has 0 aromatic carbocycles. The van der Waals surface area contributed by atoms with Crippen molar-refractivity contribution in [1.82, 2.24) is 9.88 Å². The van der Waals surface area contributed by atoms with Crippen LogP contribution in [0.25, 0.3) is 0 Å². The van der Waals surface area contributed by atoms with E-state index in [1.54, 1.807) is 30.3 Å². The van der Waals surface area contributed by atoms with Gasteiger partial charge in [0.05, 0.1) is 7.11 Å². The molecule has 1 amide bonds. The van der Waals surface area contributed by atoms with Gasteiger partial charge in [-0.15, -0.1) is 0 Å². The lowest BCUT2D eigenvalue weighted by Crippen LogP contribution is -2.28. The van der Waals surface area contributed by atoms with E-state index in [0.717, 1.165) is 4.47 Å². The van der Waals surface area contributed by atoms with Gasteiger partial charge in [0.25, 0.3) is 5.91 Å². The summed E-state index contributed by atoms with van der Waals surface area (Å²) in [5, 5.41) is 0. The van der Waals surface area contributed by atoms with Gasteiger partial charge in [0, 0.05) is 30.7 Å². The maximum absolute atomic E-state index is 11.9. The molecule has 6 heteroatoms. The number of pyridine rings is 1. The van der Waals surface area contributed by atoms with Crippen LogP contribution in [0.5, 0.6) is 0 Å². The van der Waals surface area contributed by atoms with E-state index in [2.05, 4.69) is 25.7 Å². The quantitative estimate of drug-likeness (QED) is 0.778. The lowest BCUT2D eigenvalue weighted by molar-refractivity contribution is -0.140. The molecule has 0 bridgehead atoms. The van der Waals surface area contributed by atoms with Gasteiger partial charge < -0.3 is 9.64 Å². The Kier molecular flexibility index (Phi) is 5.77. The van der Waals surface area contributed by atoms with Gasteiger partial charge in [-0.05, 0) is 34.5 Å². The molecule has 0 unspecified atom stereocenters. The third-order valence-electron chi connectivity index (χ3n) is 2.40. The third kappa shape index (κ3) is 4.44. The molecule has 0 saturated heterocycles. The highest BCUT2D eigenvalue weighted by Crippen LogP contribution is 2.09. The van der Waals surface area contributed by atoms with Crippen molar-refractivity contribution < 1.29 is 14.3 Å². The molecule has 0 aliphatic heterocycles. The van der Waals surface area contributed by atoms with Gasteiger partial charge >= 0.3 is 5.97 Å². The lowest BCUT2D eigenvalue weighted by atomic mass is 10.2. The normalized spacial score (nSPS) is 9.94. The van der Waals surface area contributed by atoms with Crippen molar-refractivity contribution in [2.24, 2.45) is 0 Å². The molecule has 5 nitrogen and oxygen atoms in total. The van der Waals surface area contributed by atoms with Gasteiger partial charge in [-0.25, -0.2) is 4.98 Å². The largest absolute Gasteiger partial charge is 0.469 e. The summed E-state index contributed by atoms with van der Waals surface area (Å²) in [5.74, 6) is -0.426. The van der Waals surface area contributed by atoms with Crippen LogP contribution in [0.15, 0.2) is 22.8 Å². The molecule has 98 valence electrons. The number of amides is 1. The molecule has 0 N–H and O–H groups in total. The zero-order valence-corrected chi connectivity index (χ0v) is 11.9. The predicted molar refractivity (Wildman–Crippen MR) is 70.1 cm³/mol. The molecular weight excluding hydrogens is 300 g/mol. The molecule has 0 radical (unpaired) electrons. The fourth-order valence-corrected chi connectivity index (χ4v) is 1.60. The van der Waals surface area contributed by atoms with Crippen molar-refractivity contribution in [2.75, 3.05) is 20.7 Å². The monoisotopic (exact) mass is 314 g/mol. The SMILES string of the molecule is COC(=O)CCCN(C)C(=O)c1ccc(Br)cn1. The van der Waals surface area contributed by atoms with Gasteiger partial charge in [-0.1, -0.05) is 0 Å². The molecule has 0 aliphatic rings. The maximum Gasteiger partial charge on any atom is 0.305 e. The van der Waals surface area contributed by atoms with Gasteiger partial charge in [0.1, 0.15) is 5.69 Å². The van der Waals surface area contributed by atoms with Gasteiger partial charge in [0.15, 0.2) is 0 Å². The summed E-state index contributed by atoms with van der Waals surface area (Å²) in [4.78, 5) is 28.4. The minimum Gasteiger partial charge on any atom is -0.469 e. The Hall–Kier alpha value is -1.43. The molecule has 1 rings (SSSR count). The molecule has 0 atom stereocenters. The standard InChI is InChI=1S/C12H15BrN2O3/c1-15(7-3-4-11(16)18-2)12(17)10-6-5-9(13)8-14-10/h5-6,8H,3-4,7H2,1-2H3. The summed E-state index contributed by atoms with van der Waals surface area (Å²) >= 11 is 3.26. The van der Waals surface area contributed by atoms with Crippen molar-refractivity contribution in [3.63, 3.8) is 0 Å². The Labute approximate surface area is 114 Å². The van der Waals surface area contributed by atoms with Crippen LogP contribution in [0, 0.1) is 0 Å². The van der Waals surface area contributed by atoms with Crippen molar-refractivity contribution in [1.29, 1.82) is 0 Å². The van der Waals surface area contributed by atoms with Crippen molar-refractivity contribution >= 4 is 27.8 Å². The van der Waals surface area contributed by atoms with E-state index in [0.29, 0.717) is 25.1 Å². The Morgan fingerprint density at radius 3 is 2.72 bits per heavy atom. The smallest absolute Gasteiger partial charge is 0.305 e. The molecular formula is C12H15BrN2O3. The number of methoxy groups -OCH3 is 1. The van der Waals surface area contributed by atoms with Crippen molar-refractivity contribution in [3.8, 4) is 0 Å². The van der Waals surface area contributed by atoms with Gasteiger partial charge in [-0.2, -0.15) is 0 Å². The van der Waals surface area contributed by atoms with E-state index in [1.807, 2.05) is 0 Å². The number of hydrogen-bond donors (Lipinski definition) is 0. The van der Waals surface area contributed by atoms with Gasteiger partial charge in [0.2, 0.25) is 0 Å². The van der Waals surface area contributed by atoms with E-state index < -0.39 is 0 Å². The average Bonchev–Trinajstić information content (AvgIpc) is 2.38. The Balaban J connectivity index is 2.46. The van der Waals surface area contributed by atoms with Crippen LogP contribution in [-0.2, 0) is 9.53 Å². The van der Waals surface area contributed by atoms with E-state index in [-0.39, 0.29) is 11.9 Å². The summed E-state index contributed by atoms with van der Waals surface area (Å²) < 4.78 is 5.36. The third-order valence-corrected chi connectivity index (χ3v) is 2.86. The Morgan fingerprint density at radius 1 is 1.44 bits per heavy atom. The number of ether oxygens (including phenoxy) is 1. The van der Waals surface area contributed by atoms with Crippen LogP contribution < -0.4 is 0 Å². The fourth-order valence-electron chi connectivity index (χ4n) is 1.36. The first kappa shape index (κ1) is 14.6. The van der Waals surface area contributed by atoms with E-state index in [9.17, 15) is 9.59 Å². The fraction of sp³-hybridized carbons (Fsp3) is 0.417. The predicted octanol–water partition coefficient (Wildman–Crippen LogP) is 1.87. The molecule has 0 spiro atoms. The van der Waals surface area contributed by atoms with E-state index >= 15 is 0 Å². The number of halogens is 1. The Bertz CT molecular complexity index is 420. The summed E-state index contributed by atoms with van der Waals surface area (Å²) in [6.07, 6.45) is 2.46. The Morgan fingerprint density at radius 2 is 2.17 bits per heavy atom. The second kappa shape index (κ2) is 7.10. The summed E-state index contributed by atoms with van der Waals surface area (Å²) in [7, 11) is 3.03. The molecule has 1 aromatic rings. The molecule has 0 fully saturated rings. The highest BCUT2D eigenvalue weighted by molar-refractivity contribution is 9.10. The van der Waals surface area contributed by atoms with Crippen LogP contribution in [0.3, 0.4) is 0 Å². The van der Waals surface area contributed by atoms with Crippen LogP contribution in [-0.4, -0.2) is 42.5 Å². The zero-order valence-electron chi connectivity index (χ0n) is 10.4. The number of carbonyl (C=O) groups excluding carboxylic acids is 2.